The van der Waals surface area contributed by atoms with Crippen molar-refractivity contribution in [3.8, 4) is 0 Å². The van der Waals surface area contributed by atoms with E-state index in [2.05, 4.69) is 4.98 Å². The molecule has 2 aromatic rings. The lowest BCUT2D eigenvalue weighted by atomic mass is 9.95. The van der Waals surface area contributed by atoms with Crippen LogP contribution in [0.3, 0.4) is 0 Å². The number of likely N-dealkylation sites (tertiary alicyclic amines) is 1. The van der Waals surface area contributed by atoms with Gasteiger partial charge in [-0.15, -0.1) is 0 Å². The summed E-state index contributed by atoms with van der Waals surface area (Å²) in [4.78, 5) is 33.5. The fourth-order valence-electron chi connectivity index (χ4n) is 3.40. The first-order chi connectivity index (χ1) is 13.3. The second kappa shape index (κ2) is 7.94. The number of carbonyl (C=O) groups is 2. The Hall–Kier alpha value is -2.99. The number of carbonyl (C=O) groups excluding carboxylic acids is 2. The highest BCUT2D eigenvalue weighted by atomic mass is 16.3. The van der Waals surface area contributed by atoms with Gasteiger partial charge in [-0.3, -0.25) is 14.6 Å². The molecule has 1 aromatic heterocycles. The van der Waals surface area contributed by atoms with Crippen molar-refractivity contribution < 1.29 is 14.7 Å². The third kappa shape index (κ3) is 3.68. The number of rotatable bonds is 5. The number of nitrogens with zero attached hydrogens (tertiary/aromatic N) is 3. The van der Waals surface area contributed by atoms with E-state index in [0.717, 1.165) is 11.1 Å². The van der Waals surface area contributed by atoms with Crippen molar-refractivity contribution in [3.05, 3.63) is 70.6 Å². The standard InChI is InChI=1S/C22H25N3O3/c1-14-8-9-15(2)16(13-14)20(26)18-19(17-7-5-6-10-23-17)25(12-11-24(3)4)22(28)21(18)27/h5-10,13,19,26H,11-12H2,1-4H3/b20-18+. The van der Waals surface area contributed by atoms with Gasteiger partial charge in [-0.1, -0.05) is 23.8 Å². The Morgan fingerprint density at radius 1 is 1.18 bits per heavy atom. The van der Waals surface area contributed by atoms with Crippen molar-refractivity contribution in [3.63, 3.8) is 0 Å². The maximum Gasteiger partial charge on any atom is 0.295 e. The summed E-state index contributed by atoms with van der Waals surface area (Å²) in [7, 11) is 3.81. The fraction of sp³-hybridized carbons (Fsp3) is 0.318. The zero-order valence-electron chi connectivity index (χ0n) is 16.6. The lowest BCUT2D eigenvalue weighted by Crippen LogP contribution is -2.35. The number of aryl methyl sites for hydroxylation is 2. The minimum absolute atomic E-state index is 0.0937. The summed E-state index contributed by atoms with van der Waals surface area (Å²) in [6.07, 6.45) is 1.62. The van der Waals surface area contributed by atoms with Crippen LogP contribution in [0, 0.1) is 13.8 Å². The van der Waals surface area contributed by atoms with Crippen LogP contribution in [0.25, 0.3) is 5.76 Å². The van der Waals surface area contributed by atoms with Crippen molar-refractivity contribution in [2.45, 2.75) is 19.9 Å². The molecule has 1 N–H and O–H groups in total. The summed E-state index contributed by atoms with van der Waals surface area (Å²) in [5.74, 6) is -1.43. The number of hydrogen-bond acceptors (Lipinski definition) is 5. The van der Waals surface area contributed by atoms with Gasteiger partial charge in [-0.2, -0.15) is 0 Å². The summed E-state index contributed by atoms with van der Waals surface area (Å²) in [6, 6.07) is 10.3. The number of likely N-dealkylation sites (N-methyl/N-ethyl adjacent to an activating group) is 1. The van der Waals surface area contributed by atoms with Crippen LogP contribution in [0.2, 0.25) is 0 Å². The topological polar surface area (TPSA) is 73.7 Å². The molecule has 0 aliphatic carbocycles. The second-order valence-electron chi connectivity index (χ2n) is 7.37. The van der Waals surface area contributed by atoms with Crippen molar-refractivity contribution in [2.24, 2.45) is 0 Å². The monoisotopic (exact) mass is 379 g/mol. The molecule has 0 saturated carbocycles. The lowest BCUT2D eigenvalue weighted by molar-refractivity contribution is -0.140. The number of hydrogen-bond donors (Lipinski definition) is 1. The first-order valence-electron chi connectivity index (χ1n) is 9.23. The number of amides is 1. The summed E-state index contributed by atoms with van der Waals surface area (Å²) in [5, 5.41) is 11.1. The lowest BCUT2D eigenvalue weighted by Gasteiger charge is -2.25. The molecule has 1 unspecified atom stereocenters. The quantitative estimate of drug-likeness (QED) is 0.491. The van der Waals surface area contributed by atoms with E-state index >= 15 is 0 Å². The molecule has 0 bridgehead atoms. The predicted octanol–water partition coefficient (Wildman–Crippen LogP) is 2.68. The molecule has 3 rings (SSSR count). The average molecular weight is 379 g/mol. The van der Waals surface area contributed by atoms with Gasteiger partial charge in [-0.05, 0) is 51.7 Å². The Morgan fingerprint density at radius 3 is 2.57 bits per heavy atom. The molecule has 1 amide bonds. The molecule has 28 heavy (non-hydrogen) atoms. The summed E-state index contributed by atoms with van der Waals surface area (Å²) in [6.45, 7) is 4.75. The minimum Gasteiger partial charge on any atom is -0.507 e. The second-order valence-corrected chi connectivity index (χ2v) is 7.37. The molecule has 146 valence electrons. The van der Waals surface area contributed by atoms with Crippen LogP contribution in [-0.4, -0.2) is 58.8 Å². The first kappa shape index (κ1) is 19.8. The van der Waals surface area contributed by atoms with E-state index in [9.17, 15) is 14.7 Å². The van der Waals surface area contributed by atoms with Crippen molar-refractivity contribution >= 4 is 17.4 Å². The molecular formula is C22H25N3O3. The van der Waals surface area contributed by atoms with Gasteiger partial charge in [0.1, 0.15) is 11.8 Å². The van der Waals surface area contributed by atoms with Crippen LogP contribution >= 0.6 is 0 Å². The number of aliphatic hydroxyl groups is 1. The molecule has 1 fully saturated rings. The van der Waals surface area contributed by atoms with E-state index in [-0.39, 0.29) is 11.3 Å². The van der Waals surface area contributed by atoms with Crippen LogP contribution in [0.4, 0.5) is 0 Å². The molecule has 0 spiro atoms. The van der Waals surface area contributed by atoms with E-state index < -0.39 is 17.7 Å². The van der Waals surface area contributed by atoms with Crippen LogP contribution in [0.1, 0.15) is 28.4 Å². The summed E-state index contributed by atoms with van der Waals surface area (Å²) < 4.78 is 0. The molecular weight excluding hydrogens is 354 g/mol. The van der Waals surface area contributed by atoms with Crippen molar-refractivity contribution in [2.75, 3.05) is 27.2 Å². The smallest absolute Gasteiger partial charge is 0.295 e. The summed E-state index contributed by atoms with van der Waals surface area (Å²) >= 11 is 0. The molecule has 1 aliphatic heterocycles. The van der Waals surface area contributed by atoms with Gasteiger partial charge in [-0.25, -0.2) is 0 Å². The highest BCUT2D eigenvalue weighted by molar-refractivity contribution is 6.46. The molecule has 6 heteroatoms. The van der Waals surface area contributed by atoms with Crippen LogP contribution in [0.15, 0.2) is 48.2 Å². The summed E-state index contributed by atoms with van der Waals surface area (Å²) in [5.41, 5.74) is 3.01. The Labute approximate surface area is 165 Å². The SMILES string of the molecule is Cc1ccc(C)c(/C(O)=C2\C(=O)C(=O)N(CCN(C)C)C2c2ccccn2)c1. The van der Waals surface area contributed by atoms with Crippen molar-refractivity contribution in [1.82, 2.24) is 14.8 Å². The number of benzene rings is 1. The largest absolute Gasteiger partial charge is 0.507 e. The van der Waals surface area contributed by atoms with Crippen LogP contribution in [0.5, 0.6) is 0 Å². The van der Waals surface area contributed by atoms with E-state index in [1.807, 2.05) is 57.1 Å². The zero-order valence-corrected chi connectivity index (χ0v) is 16.6. The molecule has 2 heterocycles. The van der Waals surface area contributed by atoms with Gasteiger partial charge in [0.15, 0.2) is 0 Å². The highest BCUT2D eigenvalue weighted by Crippen LogP contribution is 2.38. The van der Waals surface area contributed by atoms with Gasteiger partial charge < -0.3 is 14.9 Å². The van der Waals surface area contributed by atoms with Crippen LogP contribution in [-0.2, 0) is 9.59 Å². The predicted molar refractivity (Wildman–Crippen MR) is 108 cm³/mol. The maximum atomic E-state index is 12.9. The van der Waals surface area contributed by atoms with Gasteiger partial charge in [0.25, 0.3) is 11.7 Å². The fourth-order valence-corrected chi connectivity index (χ4v) is 3.40. The number of ketones is 1. The molecule has 0 radical (unpaired) electrons. The molecule has 1 aliphatic rings. The zero-order chi connectivity index (χ0) is 20.4. The van der Waals surface area contributed by atoms with Gasteiger partial charge in [0.05, 0.1) is 11.3 Å². The molecule has 1 atom stereocenters. The molecule has 1 aromatic carbocycles. The third-order valence-corrected chi connectivity index (χ3v) is 4.94. The van der Waals surface area contributed by atoms with Crippen LogP contribution < -0.4 is 0 Å². The molecule has 6 nitrogen and oxygen atoms in total. The van der Waals surface area contributed by atoms with Crippen molar-refractivity contribution in [1.29, 1.82) is 0 Å². The average Bonchev–Trinajstić information content (AvgIpc) is 2.93. The Balaban J connectivity index is 2.18. The Morgan fingerprint density at radius 2 is 1.93 bits per heavy atom. The van der Waals surface area contributed by atoms with Gasteiger partial charge >= 0.3 is 0 Å². The maximum absolute atomic E-state index is 12.9. The van der Waals surface area contributed by atoms with Gasteiger partial charge in [0, 0.05) is 24.8 Å². The van der Waals surface area contributed by atoms with E-state index in [4.69, 9.17) is 0 Å². The third-order valence-electron chi connectivity index (χ3n) is 4.94. The minimum atomic E-state index is -0.707. The Bertz CT molecular complexity index is 935. The highest BCUT2D eigenvalue weighted by Gasteiger charge is 2.46. The van der Waals surface area contributed by atoms with E-state index in [0.29, 0.717) is 24.3 Å². The number of aromatic nitrogens is 1. The Kier molecular flexibility index (Phi) is 5.61. The normalized spacial score (nSPS) is 18.9. The van der Waals surface area contributed by atoms with Gasteiger partial charge in [0.2, 0.25) is 0 Å². The van der Waals surface area contributed by atoms with E-state index in [1.165, 1.54) is 4.90 Å². The number of aliphatic hydroxyl groups excluding tert-OH is 1. The molecule has 1 saturated heterocycles. The first-order valence-corrected chi connectivity index (χ1v) is 9.23. The number of pyridine rings is 1. The number of Topliss-reactive ketones (excluding diaryl/α,β-unsaturated/α-hetero) is 1. The van der Waals surface area contributed by atoms with E-state index in [1.54, 1.807) is 18.3 Å².